The fourth-order valence-corrected chi connectivity index (χ4v) is 2.96. The zero-order chi connectivity index (χ0) is 15.6. The van der Waals surface area contributed by atoms with Crippen LogP contribution in [0.15, 0.2) is 41.3 Å². The smallest absolute Gasteiger partial charge is 0.262 e. The van der Waals surface area contributed by atoms with E-state index in [2.05, 4.69) is 0 Å². The first-order valence-electron chi connectivity index (χ1n) is 6.20. The van der Waals surface area contributed by atoms with E-state index in [9.17, 15) is 17.2 Å². The Bertz CT molecular complexity index is 756. The van der Waals surface area contributed by atoms with Gasteiger partial charge < -0.3 is 5.73 Å². The van der Waals surface area contributed by atoms with Crippen LogP contribution in [-0.4, -0.2) is 8.42 Å². The number of nitrogens with one attached hydrogen (secondary N) is 1. The number of sulfonamides is 1. The van der Waals surface area contributed by atoms with Crippen molar-refractivity contribution < 1.29 is 17.2 Å². The van der Waals surface area contributed by atoms with Crippen LogP contribution in [0.4, 0.5) is 20.2 Å². The summed E-state index contributed by atoms with van der Waals surface area (Å²) >= 11 is 0. The molecule has 0 heterocycles. The average molecular weight is 312 g/mol. The van der Waals surface area contributed by atoms with E-state index in [-0.39, 0.29) is 4.90 Å². The molecule has 0 atom stereocenters. The molecule has 2 aromatic carbocycles. The number of nitrogens with two attached hydrogens (primary N) is 1. The molecule has 0 saturated carbocycles. The Morgan fingerprint density at radius 3 is 2.29 bits per heavy atom. The number of hydrogen-bond acceptors (Lipinski definition) is 3. The molecule has 0 spiro atoms. The number of halogens is 2. The van der Waals surface area contributed by atoms with Crippen molar-refractivity contribution in [2.24, 2.45) is 0 Å². The van der Waals surface area contributed by atoms with E-state index in [0.29, 0.717) is 12.1 Å². The number of nitrogen functional groups attached to an aromatic ring is 1. The molecule has 21 heavy (non-hydrogen) atoms. The van der Waals surface area contributed by atoms with E-state index in [0.717, 1.165) is 23.8 Å². The second-order valence-electron chi connectivity index (χ2n) is 4.42. The van der Waals surface area contributed by atoms with Crippen LogP contribution < -0.4 is 10.5 Å². The number of anilines is 2. The predicted octanol–water partition coefficient (Wildman–Crippen LogP) is 2.91. The van der Waals surface area contributed by atoms with Crippen molar-refractivity contribution in [2.45, 2.75) is 18.2 Å². The van der Waals surface area contributed by atoms with Gasteiger partial charge in [0.05, 0.1) is 4.90 Å². The molecule has 0 aliphatic rings. The molecule has 0 unspecified atom stereocenters. The van der Waals surface area contributed by atoms with Crippen LogP contribution in [0.3, 0.4) is 0 Å². The van der Waals surface area contributed by atoms with Crippen molar-refractivity contribution in [1.82, 2.24) is 0 Å². The highest BCUT2D eigenvalue weighted by Gasteiger charge is 2.19. The van der Waals surface area contributed by atoms with Crippen LogP contribution in [0.1, 0.15) is 12.5 Å². The molecule has 7 heteroatoms. The molecule has 2 aromatic rings. The standard InChI is InChI=1S/C14H14F2N2O2S/c1-2-9-6-7-10(8-13(9)17)21(19,20)18-14-11(15)4-3-5-12(14)16/h3-8,18H,2,17H2,1H3. The number of para-hydroxylation sites is 1. The van der Waals surface area contributed by atoms with Crippen molar-refractivity contribution in [3.63, 3.8) is 0 Å². The molecular formula is C14H14F2N2O2S. The van der Waals surface area contributed by atoms with E-state index < -0.39 is 27.3 Å². The quantitative estimate of drug-likeness (QED) is 0.853. The van der Waals surface area contributed by atoms with Gasteiger partial charge in [-0.2, -0.15) is 0 Å². The predicted molar refractivity (Wildman–Crippen MR) is 77.4 cm³/mol. The van der Waals surface area contributed by atoms with Gasteiger partial charge in [-0.15, -0.1) is 0 Å². The maximum atomic E-state index is 13.5. The summed E-state index contributed by atoms with van der Waals surface area (Å²) in [6.07, 6.45) is 0.654. The lowest BCUT2D eigenvalue weighted by Gasteiger charge is -2.11. The number of hydrogen-bond donors (Lipinski definition) is 2. The van der Waals surface area contributed by atoms with Crippen molar-refractivity contribution in [3.8, 4) is 0 Å². The van der Waals surface area contributed by atoms with Gasteiger partial charge in [-0.1, -0.05) is 19.1 Å². The van der Waals surface area contributed by atoms with Crippen LogP contribution in [-0.2, 0) is 16.4 Å². The Balaban J connectivity index is 2.41. The summed E-state index contributed by atoms with van der Waals surface area (Å²) in [5, 5.41) is 0. The van der Waals surface area contributed by atoms with Crippen molar-refractivity contribution in [1.29, 1.82) is 0 Å². The summed E-state index contributed by atoms with van der Waals surface area (Å²) < 4.78 is 53.2. The highest BCUT2D eigenvalue weighted by atomic mass is 32.2. The van der Waals surface area contributed by atoms with E-state index in [4.69, 9.17) is 5.73 Å². The lowest BCUT2D eigenvalue weighted by molar-refractivity contribution is 0.583. The molecule has 0 bridgehead atoms. The number of benzene rings is 2. The minimum absolute atomic E-state index is 0.153. The lowest BCUT2D eigenvalue weighted by atomic mass is 10.1. The zero-order valence-corrected chi connectivity index (χ0v) is 12.0. The molecule has 0 aliphatic heterocycles. The van der Waals surface area contributed by atoms with Crippen LogP contribution in [0.5, 0.6) is 0 Å². The van der Waals surface area contributed by atoms with Crippen LogP contribution in [0, 0.1) is 11.6 Å². The second-order valence-corrected chi connectivity index (χ2v) is 6.10. The zero-order valence-electron chi connectivity index (χ0n) is 11.2. The molecule has 2 rings (SSSR count). The van der Waals surface area contributed by atoms with Gasteiger partial charge in [0.1, 0.15) is 17.3 Å². The molecular weight excluding hydrogens is 298 g/mol. The van der Waals surface area contributed by atoms with Gasteiger partial charge >= 0.3 is 0 Å². The van der Waals surface area contributed by atoms with Crippen molar-refractivity contribution in [2.75, 3.05) is 10.5 Å². The van der Waals surface area contributed by atoms with E-state index in [1.165, 1.54) is 12.1 Å². The minimum atomic E-state index is -4.12. The fourth-order valence-electron chi connectivity index (χ4n) is 1.85. The monoisotopic (exact) mass is 312 g/mol. The first-order valence-corrected chi connectivity index (χ1v) is 7.68. The first kappa shape index (κ1) is 15.2. The van der Waals surface area contributed by atoms with Crippen LogP contribution in [0.25, 0.3) is 0 Å². The molecule has 0 aliphatic carbocycles. The summed E-state index contributed by atoms with van der Waals surface area (Å²) in [4.78, 5) is -0.153. The van der Waals surface area contributed by atoms with Crippen molar-refractivity contribution in [3.05, 3.63) is 53.6 Å². The fraction of sp³-hybridized carbons (Fsp3) is 0.143. The maximum Gasteiger partial charge on any atom is 0.262 e. The third-order valence-electron chi connectivity index (χ3n) is 3.01. The van der Waals surface area contributed by atoms with Gasteiger partial charge in [0.2, 0.25) is 0 Å². The number of rotatable bonds is 4. The minimum Gasteiger partial charge on any atom is -0.398 e. The molecule has 0 amide bonds. The van der Waals surface area contributed by atoms with Gasteiger partial charge in [0, 0.05) is 5.69 Å². The van der Waals surface area contributed by atoms with Gasteiger partial charge in [-0.3, -0.25) is 4.72 Å². The van der Waals surface area contributed by atoms with Crippen LogP contribution >= 0.6 is 0 Å². The molecule has 0 radical (unpaired) electrons. The topological polar surface area (TPSA) is 72.2 Å². The van der Waals surface area contributed by atoms with Crippen LogP contribution in [0.2, 0.25) is 0 Å². The third-order valence-corrected chi connectivity index (χ3v) is 4.36. The molecule has 0 aromatic heterocycles. The van der Waals surface area contributed by atoms with Gasteiger partial charge in [-0.05, 0) is 36.2 Å². The summed E-state index contributed by atoms with van der Waals surface area (Å²) in [6.45, 7) is 1.88. The normalized spacial score (nSPS) is 11.4. The van der Waals surface area contributed by atoms with Gasteiger partial charge in [0.25, 0.3) is 10.0 Å². The highest BCUT2D eigenvalue weighted by molar-refractivity contribution is 7.92. The molecule has 112 valence electrons. The maximum absolute atomic E-state index is 13.5. The Labute approximate surface area is 121 Å². The Morgan fingerprint density at radius 2 is 1.76 bits per heavy atom. The SMILES string of the molecule is CCc1ccc(S(=O)(=O)Nc2c(F)cccc2F)cc1N. The second kappa shape index (κ2) is 5.69. The molecule has 4 nitrogen and oxygen atoms in total. The average Bonchev–Trinajstić information content (AvgIpc) is 2.43. The molecule has 3 N–H and O–H groups in total. The summed E-state index contributed by atoms with van der Waals surface area (Å²) in [7, 11) is -4.12. The Morgan fingerprint density at radius 1 is 1.14 bits per heavy atom. The summed E-state index contributed by atoms with van der Waals surface area (Å²) in [5.41, 5.74) is 6.14. The summed E-state index contributed by atoms with van der Waals surface area (Å²) in [6, 6.07) is 7.26. The van der Waals surface area contributed by atoms with Crippen molar-refractivity contribution >= 4 is 21.4 Å². The third kappa shape index (κ3) is 3.13. The Hall–Kier alpha value is -2.15. The Kier molecular flexibility index (Phi) is 4.13. The summed E-state index contributed by atoms with van der Waals surface area (Å²) in [5.74, 6) is -1.98. The van der Waals surface area contributed by atoms with Gasteiger partial charge in [-0.25, -0.2) is 17.2 Å². The molecule has 0 fully saturated rings. The highest BCUT2D eigenvalue weighted by Crippen LogP contribution is 2.24. The van der Waals surface area contributed by atoms with E-state index in [1.807, 2.05) is 11.6 Å². The van der Waals surface area contributed by atoms with E-state index >= 15 is 0 Å². The van der Waals surface area contributed by atoms with E-state index in [1.54, 1.807) is 6.07 Å². The molecule has 0 saturated heterocycles. The largest absolute Gasteiger partial charge is 0.398 e. The lowest BCUT2D eigenvalue weighted by Crippen LogP contribution is -2.15. The van der Waals surface area contributed by atoms with Gasteiger partial charge in [0.15, 0.2) is 0 Å². The number of aryl methyl sites for hydroxylation is 1. The first-order chi connectivity index (χ1) is 9.85.